The van der Waals surface area contributed by atoms with E-state index < -0.39 is 19.1 Å². The van der Waals surface area contributed by atoms with E-state index in [9.17, 15) is 27.1 Å². The summed E-state index contributed by atoms with van der Waals surface area (Å²) in [5.74, 6) is -0.451. The van der Waals surface area contributed by atoms with Gasteiger partial charge in [0.15, 0.2) is 5.96 Å². The molecule has 0 aliphatic heterocycles. The van der Waals surface area contributed by atoms with E-state index in [0.717, 1.165) is 12.1 Å². The van der Waals surface area contributed by atoms with Crippen LogP contribution in [-0.2, 0) is 6.54 Å². The lowest BCUT2D eigenvalue weighted by Gasteiger charge is -2.14. The van der Waals surface area contributed by atoms with E-state index in [4.69, 9.17) is 5.73 Å². The maximum Gasteiger partial charge on any atom is 0.573 e. The molecule has 1 unspecified atom stereocenters. The Balaban J connectivity index is 1.85. The van der Waals surface area contributed by atoms with Gasteiger partial charge in [-0.25, -0.2) is 4.99 Å². The molecular weight excluding hydrogens is 401 g/mol. The summed E-state index contributed by atoms with van der Waals surface area (Å²) in [4.78, 5) is 4.01. The van der Waals surface area contributed by atoms with Crippen LogP contribution in [0.15, 0.2) is 53.5 Å². The zero-order chi connectivity index (χ0) is 21.4. The predicted octanol–water partition coefficient (Wildman–Crippen LogP) is 3.32. The van der Waals surface area contributed by atoms with Gasteiger partial charge in [0.2, 0.25) is 0 Å². The molecule has 0 spiro atoms. The van der Waals surface area contributed by atoms with Gasteiger partial charge in [-0.3, -0.25) is 0 Å². The minimum atomic E-state index is -4.76. The molecule has 0 fully saturated rings. The molecule has 11 heteroatoms. The van der Waals surface area contributed by atoms with Crippen LogP contribution in [-0.4, -0.2) is 30.6 Å². The fourth-order valence-corrected chi connectivity index (χ4v) is 2.25. The van der Waals surface area contributed by atoms with E-state index in [1.165, 1.54) is 36.4 Å². The van der Waals surface area contributed by atoms with Crippen molar-refractivity contribution in [3.8, 4) is 11.5 Å². The standard InChI is InChI=1S/C18H18F5N3O3/c19-16(20)28-14-3-1-2-12(8-14)15(27)10-26-17(24)25-9-11-4-6-13(7-5-11)29-18(21,22)23/h1-8,15-16,27H,9-10H2,(H3,24,25,26). The molecule has 0 aliphatic rings. The van der Waals surface area contributed by atoms with Crippen LogP contribution in [0.5, 0.6) is 11.5 Å². The number of halogens is 5. The van der Waals surface area contributed by atoms with Gasteiger partial charge >= 0.3 is 13.0 Å². The number of ether oxygens (including phenoxy) is 2. The van der Waals surface area contributed by atoms with E-state index in [1.807, 2.05) is 0 Å². The fourth-order valence-electron chi connectivity index (χ4n) is 2.25. The van der Waals surface area contributed by atoms with E-state index in [1.54, 1.807) is 0 Å². The van der Waals surface area contributed by atoms with Crippen LogP contribution in [0.1, 0.15) is 17.2 Å². The van der Waals surface area contributed by atoms with Crippen molar-refractivity contribution in [3.63, 3.8) is 0 Å². The predicted molar refractivity (Wildman–Crippen MR) is 94.5 cm³/mol. The van der Waals surface area contributed by atoms with Crippen LogP contribution in [0.25, 0.3) is 0 Å². The summed E-state index contributed by atoms with van der Waals surface area (Å²) in [6, 6.07) is 10.7. The Labute approximate surface area is 162 Å². The minimum Gasteiger partial charge on any atom is -0.435 e. The summed E-state index contributed by atoms with van der Waals surface area (Å²) in [6.45, 7) is -2.94. The second kappa shape index (κ2) is 9.92. The number of hydrogen-bond acceptors (Lipinski definition) is 4. The number of alkyl halides is 5. The largest absolute Gasteiger partial charge is 0.573 e. The van der Waals surface area contributed by atoms with Gasteiger partial charge in [-0.2, -0.15) is 8.78 Å². The van der Waals surface area contributed by atoms with Crippen LogP contribution in [0.3, 0.4) is 0 Å². The third kappa shape index (κ3) is 8.21. The number of rotatable bonds is 8. The Morgan fingerprint density at radius 3 is 2.41 bits per heavy atom. The number of aliphatic hydroxyl groups excluding tert-OH is 1. The van der Waals surface area contributed by atoms with Gasteiger partial charge in [0.05, 0.1) is 12.6 Å². The maximum atomic E-state index is 12.2. The third-order valence-corrected chi connectivity index (χ3v) is 3.53. The Hall–Kier alpha value is -3.08. The number of guanidine groups is 1. The number of nitrogens with zero attached hydrogens (tertiary/aromatic N) is 1. The highest BCUT2D eigenvalue weighted by molar-refractivity contribution is 5.77. The van der Waals surface area contributed by atoms with Crippen LogP contribution in [0.4, 0.5) is 22.0 Å². The van der Waals surface area contributed by atoms with Gasteiger partial charge < -0.3 is 25.6 Å². The van der Waals surface area contributed by atoms with Crippen molar-refractivity contribution in [2.45, 2.75) is 25.6 Å². The zero-order valence-corrected chi connectivity index (χ0v) is 14.9. The third-order valence-electron chi connectivity index (χ3n) is 3.53. The summed E-state index contributed by atoms with van der Waals surface area (Å²) in [5, 5.41) is 12.8. The lowest BCUT2D eigenvalue weighted by atomic mass is 10.1. The molecule has 29 heavy (non-hydrogen) atoms. The summed E-state index contributed by atoms with van der Waals surface area (Å²) in [5.41, 5.74) is 6.61. The first kappa shape index (κ1) is 22.2. The fraction of sp³-hybridized carbons (Fsp3) is 0.278. The summed E-state index contributed by atoms with van der Waals surface area (Å²) >= 11 is 0. The average Bonchev–Trinajstić information content (AvgIpc) is 2.64. The lowest BCUT2D eigenvalue weighted by Crippen LogP contribution is -2.34. The number of aliphatic hydroxyl groups is 1. The highest BCUT2D eigenvalue weighted by atomic mass is 19.4. The van der Waals surface area contributed by atoms with Crippen LogP contribution < -0.4 is 20.5 Å². The molecule has 0 saturated carbocycles. The van der Waals surface area contributed by atoms with Crippen molar-refractivity contribution in [2.24, 2.45) is 10.7 Å². The molecule has 158 valence electrons. The molecule has 0 aliphatic carbocycles. The Morgan fingerprint density at radius 2 is 1.79 bits per heavy atom. The van der Waals surface area contributed by atoms with Gasteiger partial charge in [-0.15, -0.1) is 13.2 Å². The molecule has 1 atom stereocenters. The number of aliphatic imine (C=N–C) groups is 1. The number of hydrogen-bond donors (Lipinski definition) is 3. The first-order valence-electron chi connectivity index (χ1n) is 8.23. The molecule has 0 saturated heterocycles. The maximum absolute atomic E-state index is 12.2. The minimum absolute atomic E-state index is 0.0142. The van der Waals surface area contributed by atoms with Crippen molar-refractivity contribution in [1.29, 1.82) is 0 Å². The second-order valence-electron chi connectivity index (χ2n) is 5.74. The summed E-state index contributed by atoms with van der Waals surface area (Å²) in [7, 11) is 0. The lowest BCUT2D eigenvalue weighted by molar-refractivity contribution is -0.274. The monoisotopic (exact) mass is 419 g/mol. The molecule has 0 aromatic heterocycles. The molecule has 0 radical (unpaired) electrons. The van der Waals surface area contributed by atoms with Gasteiger partial charge in [0.25, 0.3) is 0 Å². The van der Waals surface area contributed by atoms with Crippen LogP contribution in [0.2, 0.25) is 0 Å². The van der Waals surface area contributed by atoms with Crippen molar-refractivity contribution in [3.05, 3.63) is 59.7 Å². The van der Waals surface area contributed by atoms with Gasteiger partial charge in [-0.05, 0) is 35.4 Å². The molecule has 0 bridgehead atoms. The van der Waals surface area contributed by atoms with Gasteiger partial charge in [0, 0.05) is 6.54 Å². The van der Waals surface area contributed by atoms with Crippen molar-refractivity contribution < 1.29 is 36.5 Å². The van der Waals surface area contributed by atoms with Crippen molar-refractivity contribution in [1.82, 2.24) is 5.32 Å². The molecule has 2 aromatic rings. The Bertz CT molecular complexity index is 813. The normalized spacial score (nSPS) is 13.3. The van der Waals surface area contributed by atoms with E-state index in [-0.39, 0.29) is 30.5 Å². The van der Waals surface area contributed by atoms with Crippen LogP contribution >= 0.6 is 0 Å². The molecule has 4 N–H and O–H groups in total. The Morgan fingerprint density at radius 1 is 1.10 bits per heavy atom. The summed E-state index contributed by atoms with van der Waals surface area (Å²) < 4.78 is 68.9. The highest BCUT2D eigenvalue weighted by Crippen LogP contribution is 2.23. The topological polar surface area (TPSA) is 89.1 Å². The number of nitrogens with one attached hydrogen (secondary N) is 1. The highest BCUT2D eigenvalue weighted by Gasteiger charge is 2.30. The van der Waals surface area contributed by atoms with E-state index in [2.05, 4.69) is 19.8 Å². The van der Waals surface area contributed by atoms with Gasteiger partial charge in [-0.1, -0.05) is 24.3 Å². The zero-order valence-electron chi connectivity index (χ0n) is 14.9. The SMILES string of the molecule is NC(=NCc1ccc(OC(F)(F)F)cc1)NCC(O)c1cccc(OC(F)F)c1. The number of benzene rings is 2. The average molecular weight is 419 g/mol. The quantitative estimate of drug-likeness (QED) is 0.347. The second-order valence-corrected chi connectivity index (χ2v) is 5.74. The summed E-state index contributed by atoms with van der Waals surface area (Å²) in [6.07, 6.45) is -5.83. The van der Waals surface area contributed by atoms with E-state index >= 15 is 0 Å². The first-order chi connectivity index (χ1) is 13.6. The Kier molecular flexibility index (Phi) is 7.59. The molecule has 2 rings (SSSR count). The smallest absolute Gasteiger partial charge is 0.435 e. The molecular formula is C18H18F5N3O3. The first-order valence-corrected chi connectivity index (χ1v) is 8.23. The molecule has 0 heterocycles. The molecule has 0 amide bonds. The number of nitrogens with two attached hydrogens (primary N) is 1. The van der Waals surface area contributed by atoms with Crippen LogP contribution in [0, 0.1) is 0 Å². The van der Waals surface area contributed by atoms with Gasteiger partial charge in [0.1, 0.15) is 11.5 Å². The molecule has 6 nitrogen and oxygen atoms in total. The van der Waals surface area contributed by atoms with Crippen molar-refractivity contribution >= 4 is 5.96 Å². The van der Waals surface area contributed by atoms with Crippen molar-refractivity contribution in [2.75, 3.05) is 6.54 Å². The molecule has 2 aromatic carbocycles. The van der Waals surface area contributed by atoms with E-state index in [0.29, 0.717) is 11.1 Å².